The number of rotatable bonds is 5. The number of fused-ring (bicyclic) bond motifs is 1. The van der Waals surface area contributed by atoms with Gasteiger partial charge in [0.15, 0.2) is 0 Å². The molecule has 3 fully saturated rings. The van der Waals surface area contributed by atoms with E-state index in [1.807, 2.05) is 54.6 Å². The van der Waals surface area contributed by atoms with Crippen LogP contribution in [0.5, 0.6) is 0 Å². The van der Waals surface area contributed by atoms with E-state index in [1.165, 1.54) is 19.3 Å². The van der Waals surface area contributed by atoms with Crippen LogP contribution >= 0.6 is 0 Å². The van der Waals surface area contributed by atoms with Crippen LogP contribution in [0.25, 0.3) is 11.1 Å². The molecule has 0 radical (unpaired) electrons. The molecule has 1 aliphatic carbocycles. The molecule has 33 heavy (non-hydrogen) atoms. The first-order chi connectivity index (χ1) is 16.1. The van der Waals surface area contributed by atoms with Crippen LogP contribution in [0.15, 0.2) is 54.6 Å². The van der Waals surface area contributed by atoms with Gasteiger partial charge in [0.1, 0.15) is 12.1 Å². The summed E-state index contributed by atoms with van der Waals surface area (Å²) in [6, 6.07) is 16.4. The molecule has 2 aromatic rings. The molecule has 172 valence electrons. The average molecular weight is 446 g/mol. The van der Waals surface area contributed by atoms with E-state index in [2.05, 4.69) is 10.6 Å². The summed E-state index contributed by atoms with van der Waals surface area (Å²) in [5, 5.41) is 6.00. The summed E-state index contributed by atoms with van der Waals surface area (Å²) in [7, 11) is 0. The zero-order chi connectivity index (χ0) is 22.8. The van der Waals surface area contributed by atoms with Gasteiger partial charge in [-0.3, -0.25) is 14.4 Å². The molecule has 6 heteroatoms. The first-order valence-corrected chi connectivity index (χ1v) is 12.2. The van der Waals surface area contributed by atoms with E-state index in [-0.39, 0.29) is 23.8 Å². The molecule has 0 spiro atoms. The van der Waals surface area contributed by atoms with Crippen molar-refractivity contribution in [2.24, 2.45) is 5.92 Å². The summed E-state index contributed by atoms with van der Waals surface area (Å²) in [5.74, 6) is 0.265. The Balaban J connectivity index is 1.20. The second-order valence-electron chi connectivity index (χ2n) is 9.66. The highest BCUT2D eigenvalue weighted by atomic mass is 16.2. The summed E-state index contributed by atoms with van der Waals surface area (Å²) in [6.07, 6.45) is 7.18. The third-order valence-electron chi connectivity index (χ3n) is 7.38. The Morgan fingerprint density at radius 3 is 2.36 bits per heavy atom. The summed E-state index contributed by atoms with van der Waals surface area (Å²) >= 11 is 0. The topological polar surface area (TPSA) is 78.5 Å². The molecule has 3 aliphatic rings. The molecule has 3 atom stereocenters. The van der Waals surface area contributed by atoms with Gasteiger partial charge in [0.2, 0.25) is 11.8 Å². The SMILES string of the molecule is O=C(N[C@H]1C[C@H]2C(=O)N[C@@H](CC3CCCCC3)C(=O)N2C1)c1ccc(-c2ccccc2)cc1. The third-order valence-corrected chi connectivity index (χ3v) is 7.38. The lowest BCUT2D eigenvalue weighted by Crippen LogP contribution is -2.61. The van der Waals surface area contributed by atoms with Crippen LogP contribution in [-0.2, 0) is 9.59 Å². The van der Waals surface area contributed by atoms with Gasteiger partial charge in [-0.25, -0.2) is 0 Å². The maximum absolute atomic E-state index is 13.1. The zero-order valence-corrected chi connectivity index (χ0v) is 18.8. The fourth-order valence-electron chi connectivity index (χ4n) is 5.59. The Morgan fingerprint density at radius 2 is 1.64 bits per heavy atom. The second-order valence-corrected chi connectivity index (χ2v) is 9.66. The molecule has 0 unspecified atom stereocenters. The van der Waals surface area contributed by atoms with Crippen molar-refractivity contribution in [3.63, 3.8) is 0 Å². The van der Waals surface area contributed by atoms with Gasteiger partial charge in [-0.05, 0) is 42.0 Å². The average Bonchev–Trinajstić information content (AvgIpc) is 3.28. The zero-order valence-electron chi connectivity index (χ0n) is 18.8. The normalized spacial score (nSPS) is 25.5. The van der Waals surface area contributed by atoms with Crippen molar-refractivity contribution >= 4 is 17.7 Å². The number of piperazine rings is 1. The van der Waals surface area contributed by atoms with Gasteiger partial charge in [0.25, 0.3) is 5.91 Å². The molecule has 6 nitrogen and oxygen atoms in total. The number of carbonyl (C=O) groups excluding carboxylic acids is 3. The van der Waals surface area contributed by atoms with Crippen LogP contribution in [0.1, 0.15) is 55.3 Å². The van der Waals surface area contributed by atoms with E-state index in [0.717, 1.165) is 30.4 Å². The molecule has 2 N–H and O–H groups in total. The highest BCUT2D eigenvalue weighted by Crippen LogP contribution is 2.30. The van der Waals surface area contributed by atoms with Gasteiger partial charge >= 0.3 is 0 Å². The Labute approximate surface area is 194 Å². The van der Waals surface area contributed by atoms with Gasteiger partial charge in [-0.15, -0.1) is 0 Å². The van der Waals surface area contributed by atoms with Crippen LogP contribution in [0.4, 0.5) is 0 Å². The van der Waals surface area contributed by atoms with Crippen molar-refractivity contribution in [2.75, 3.05) is 6.54 Å². The van der Waals surface area contributed by atoms with Crippen LogP contribution in [-0.4, -0.2) is 47.3 Å². The number of benzene rings is 2. The first-order valence-electron chi connectivity index (χ1n) is 12.2. The van der Waals surface area contributed by atoms with E-state index < -0.39 is 12.1 Å². The molecule has 2 saturated heterocycles. The van der Waals surface area contributed by atoms with Gasteiger partial charge in [0, 0.05) is 18.2 Å². The van der Waals surface area contributed by atoms with Crippen LogP contribution in [0, 0.1) is 5.92 Å². The maximum atomic E-state index is 13.1. The lowest BCUT2D eigenvalue weighted by molar-refractivity contribution is -0.147. The number of hydrogen-bond acceptors (Lipinski definition) is 3. The van der Waals surface area contributed by atoms with E-state index >= 15 is 0 Å². The number of nitrogens with zero attached hydrogens (tertiary/aromatic N) is 1. The fourth-order valence-corrected chi connectivity index (χ4v) is 5.59. The smallest absolute Gasteiger partial charge is 0.251 e. The minimum atomic E-state index is -0.481. The van der Waals surface area contributed by atoms with Gasteiger partial charge in [-0.2, -0.15) is 0 Å². The molecule has 3 amide bonds. The highest BCUT2D eigenvalue weighted by molar-refractivity contribution is 5.98. The van der Waals surface area contributed by atoms with Gasteiger partial charge in [0.05, 0.1) is 0 Å². The third kappa shape index (κ3) is 4.65. The van der Waals surface area contributed by atoms with Crippen molar-refractivity contribution in [3.05, 3.63) is 60.2 Å². The van der Waals surface area contributed by atoms with E-state index in [0.29, 0.717) is 24.4 Å². The van der Waals surface area contributed by atoms with Crippen molar-refractivity contribution < 1.29 is 14.4 Å². The predicted octanol–water partition coefficient (Wildman–Crippen LogP) is 3.52. The minimum Gasteiger partial charge on any atom is -0.347 e. The number of nitrogens with one attached hydrogen (secondary N) is 2. The Hall–Kier alpha value is -3.15. The summed E-state index contributed by atoms with van der Waals surface area (Å²) in [6.45, 7) is 0.395. The van der Waals surface area contributed by atoms with Crippen LogP contribution in [0.3, 0.4) is 0 Å². The molecular weight excluding hydrogens is 414 g/mol. The molecule has 0 aromatic heterocycles. The van der Waals surface area contributed by atoms with Crippen LogP contribution in [0.2, 0.25) is 0 Å². The van der Waals surface area contributed by atoms with Crippen molar-refractivity contribution in [3.8, 4) is 11.1 Å². The highest BCUT2D eigenvalue weighted by Gasteiger charge is 2.47. The number of amides is 3. The largest absolute Gasteiger partial charge is 0.347 e. The Kier molecular flexibility index (Phi) is 6.16. The molecule has 2 heterocycles. The molecule has 1 saturated carbocycles. The molecule has 5 rings (SSSR count). The monoisotopic (exact) mass is 445 g/mol. The van der Waals surface area contributed by atoms with Gasteiger partial charge in [-0.1, -0.05) is 74.6 Å². The molecule has 0 bridgehead atoms. The standard InChI is InChI=1S/C27H31N3O3/c31-25(21-13-11-20(12-14-21)19-9-5-2-6-10-19)28-22-16-24-26(32)29-23(27(33)30(24)17-22)15-18-7-3-1-4-8-18/h2,5-6,9-14,18,22-24H,1,3-4,7-8,15-17H2,(H,28,31)(H,29,32)/t22-,23-,24-/m0/s1. The number of carbonyl (C=O) groups is 3. The van der Waals surface area contributed by atoms with E-state index in [9.17, 15) is 14.4 Å². The quantitative estimate of drug-likeness (QED) is 0.739. The van der Waals surface area contributed by atoms with E-state index in [4.69, 9.17) is 0 Å². The second kappa shape index (κ2) is 9.38. The lowest BCUT2D eigenvalue weighted by atomic mass is 9.84. The van der Waals surface area contributed by atoms with Gasteiger partial charge < -0.3 is 15.5 Å². The summed E-state index contributed by atoms with van der Waals surface area (Å²) in [5.41, 5.74) is 2.73. The Bertz CT molecular complexity index is 1010. The maximum Gasteiger partial charge on any atom is 0.251 e. The summed E-state index contributed by atoms with van der Waals surface area (Å²) < 4.78 is 0. The molecule has 2 aliphatic heterocycles. The number of hydrogen-bond donors (Lipinski definition) is 2. The molecular formula is C27H31N3O3. The van der Waals surface area contributed by atoms with Crippen LogP contribution < -0.4 is 10.6 Å². The lowest BCUT2D eigenvalue weighted by Gasteiger charge is -2.36. The minimum absolute atomic E-state index is 0.00846. The van der Waals surface area contributed by atoms with E-state index in [1.54, 1.807) is 4.90 Å². The van der Waals surface area contributed by atoms with Crippen molar-refractivity contribution in [2.45, 2.75) is 63.1 Å². The van der Waals surface area contributed by atoms with Crippen molar-refractivity contribution in [1.82, 2.24) is 15.5 Å². The summed E-state index contributed by atoms with van der Waals surface area (Å²) in [4.78, 5) is 40.3. The van der Waals surface area contributed by atoms with Crippen molar-refractivity contribution in [1.29, 1.82) is 0 Å². The first kappa shape index (κ1) is 21.7. The fraction of sp³-hybridized carbons (Fsp3) is 0.444. The Morgan fingerprint density at radius 1 is 0.939 bits per heavy atom. The molecule has 2 aromatic carbocycles. The predicted molar refractivity (Wildman–Crippen MR) is 126 cm³/mol.